The van der Waals surface area contributed by atoms with Crippen LogP contribution in [0.3, 0.4) is 0 Å². The van der Waals surface area contributed by atoms with E-state index in [-0.39, 0.29) is 23.1 Å². The summed E-state index contributed by atoms with van der Waals surface area (Å²) in [5.41, 5.74) is 6.73. The number of aromatic hydroxyl groups is 1. The molecule has 0 radical (unpaired) electrons. The number of nitrogens with zero attached hydrogens (tertiary/aromatic N) is 2. The highest BCUT2D eigenvalue weighted by Gasteiger charge is 2.33. The van der Waals surface area contributed by atoms with Crippen molar-refractivity contribution in [3.05, 3.63) is 29.3 Å². The topological polar surface area (TPSA) is 99.2 Å². The molecule has 1 atom stereocenters. The second kappa shape index (κ2) is 5.17. The number of amidine groups is 1. The molecule has 4 N–H and O–H groups in total. The number of hydrogen-bond donors (Lipinski definition) is 3. The van der Waals surface area contributed by atoms with Gasteiger partial charge in [-0.3, -0.25) is 4.79 Å². The first kappa shape index (κ1) is 13.2. The van der Waals surface area contributed by atoms with Crippen LogP contribution < -0.4 is 5.73 Å². The fourth-order valence-corrected chi connectivity index (χ4v) is 2.36. The molecule has 6 nitrogen and oxygen atoms in total. The predicted octanol–water partition coefficient (Wildman–Crippen LogP) is 1.05. The lowest BCUT2D eigenvalue weighted by Gasteiger charge is -2.24. The number of oxime groups is 1. The Bertz CT molecular complexity index is 528. The van der Waals surface area contributed by atoms with Crippen LogP contribution in [-0.4, -0.2) is 39.5 Å². The quantitative estimate of drug-likeness (QED) is 0.321. The van der Waals surface area contributed by atoms with Gasteiger partial charge >= 0.3 is 0 Å². The summed E-state index contributed by atoms with van der Waals surface area (Å²) >= 11 is 0. The van der Waals surface area contributed by atoms with Crippen LogP contribution in [0.25, 0.3) is 0 Å². The van der Waals surface area contributed by atoms with Crippen LogP contribution in [0.1, 0.15) is 28.8 Å². The molecule has 1 aliphatic heterocycles. The molecule has 1 aromatic carbocycles. The van der Waals surface area contributed by atoms with Gasteiger partial charge in [-0.15, -0.1) is 0 Å². The summed E-state index contributed by atoms with van der Waals surface area (Å²) in [6.45, 7) is 2.38. The van der Waals surface area contributed by atoms with Crippen LogP contribution in [0.15, 0.2) is 23.4 Å². The van der Waals surface area contributed by atoms with Crippen molar-refractivity contribution in [2.45, 2.75) is 25.8 Å². The summed E-state index contributed by atoms with van der Waals surface area (Å²) in [5.74, 6) is -0.325. The van der Waals surface area contributed by atoms with Gasteiger partial charge in [-0.05, 0) is 31.9 Å². The fourth-order valence-electron chi connectivity index (χ4n) is 2.36. The van der Waals surface area contributed by atoms with E-state index < -0.39 is 6.04 Å². The van der Waals surface area contributed by atoms with Crippen molar-refractivity contribution in [1.82, 2.24) is 4.90 Å². The van der Waals surface area contributed by atoms with Gasteiger partial charge in [-0.1, -0.05) is 16.8 Å². The first-order valence-electron chi connectivity index (χ1n) is 6.12. The average Bonchev–Trinajstić information content (AvgIpc) is 2.89. The average molecular weight is 263 g/mol. The number of nitrogens with two attached hydrogens (primary N) is 1. The van der Waals surface area contributed by atoms with E-state index in [1.165, 1.54) is 11.0 Å². The van der Waals surface area contributed by atoms with Gasteiger partial charge in [-0.2, -0.15) is 0 Å². The zero-order valence-corrected chi connectivity index (χ0v) is 10.7. The van der Waals surface area contributed by atoms with Gasteiger partial charge in [0.25, 0.3) is 5.91 Å². The number of phenols is 1. The third kappa shape index (κ3) is 2.47. The normalized spacial score (nSPS) is 19.7. The predicted molar refractivity (Wildman–Crippen MR) is 70.3 cm³/mol. The van der Waals surface area contributed by atoms with E-state index in [0.29, 0.717) is 13.0 Å². The number of carbonyl (C=O) groups is 1. The van der Waals surface area contributed by atoms with Gasteiger partial charge in [0, 0.05) is 6.54 Å². The maximum absolute atomic E-state index is 12.4. The summed E-state index contributed by atoms with van der Waals surface area (Å²) in [4.78, 5) is 14.0. The molecule has 102 valence electrons. The van der Waals surface area contributed by atoms with Crippen molar-refractivity contribution < 1.29 is 15.1 Å². The van der Waals surface area contributed by atoms with E-state index in [9.17, 15) is 9.90 Å². The van der Waals surface area contributed by atoms with E-state index in [2.05, 4.69) is 5.16 Å². The minimum Gasteiger partial charge on any atom is -0.507 e. The summed E-state index contributed by atoms with van der Waals surface area (Å²) in [7, 11) is 0. The number of benzene rings is 1. The van der Waals surface area contributed by atoms with E-state index in [1.54, 1.807) is 12.1 Å². The SMILES string of the molecule is Cc1ccc(O)c(C(=O)N2CCCC2C(N)=NO)c1. The number of hydrogen-bond acceptors (Lipinski definition) is 4. The second-order valence-corrected chi connectivity index (χ2v) is 4.70. The molecule has 6 heteroatoms. The highest BCUT2D eigenvalue weighted by molar-refractivity contribution is 6.00. The van der Waals surface area contributed by atoms with Gasteiger partial charge in [0.2, 0.25) is 0 Å². The Morgan fingerprint density at radius 1 is 1.53 bits per heavy atom. The molecule has 1 aliphatic rings. The molecule has 0 aliphatic carbocycles. The highest BCUT2D eigenvalue weighted by atomic mass is 16.4. The van der Waals surface area contributed by atoms with Gasteiger partial charge in [0.15, 0.2) is 5.84 Å². The lowest BCUT2D eigenvalue weighted by molar-refractivity contribution is 0.0765. The maximum Gasteiger partial charge on any atom is 0.258 e. The number of amides is 1. The molecule has 1 heterocycles. The molecule has 1 saturated heterocycles. The van der Waals surface area contributed by atoms with Gasteiger partial charge in [-0.25, -0.2) is 0 Å². The van der Waals surface area contributed by atoms with Gasteiger partial charge < -0.3 is 20.9 Å². The zero-order valence-electron chi connectivity index (χ0n) is 10.7. The second-order valence-electron chi connectivity index (χ2n) is 4.70. The first-order valence-corrected chi connectivity index (χ1v) is 6.12. The maximum atomic E-state index is 12.4. The van der Waals surface area contributed by atoms with E-state index >= 15 is 0 Å². The van der Waals surface area contributed by atoms with Crippen molar-refractivity contribution in [3.63, 3.8) is 0 Å². The molecule has 0 spiro atoms. The Balaban J connectivity index is 2.31. The van der Waals surface area contributed by atoms with Crippen molar-refractivity contribution >= 4 is 11.7 Å². The number of rotatable bonds is 2. The molecule has 0 bridgehead atoms. The largest absolute Gasteiger partial charge is 0.507 e. The van der Waals surface area contributed by atoms with Gasteiger partial charge in [0.1, 0.15) is 5.75 Å². The number of aryl methyl sites for hydroxylation is 1. The molecular weight excluding hydrogens is 246 g/mol. The van der Waals surface area contributed by atoms with Crippen molar-refractivity contribution in [1.29, 1.82) is 0 Å². The Kier molecular flexibility index (Phi) is 3.59. The molecule has 0 aromatic heterocycles. The molecule has 1 fully saturated rings. The Morgan fingerprint density at radius 3 is 2.95 bits per heavy atom. The highest BCUT2D eigenvalue weighted by Crippen LogP contribution is 2.25. The van der Waals surface area contributed by atoms with E-state index in [1.807, 2.05) is 6.92 Å². The molecule has 1 aromatic rings. The minimum absolute atomic E-state index is 0.0259. The van der Waals surface area contributed by atoms with Crippen LogP contribution in [0.2, 0.25) is 0 Å². The minimum atomic E-state index is -0.405. The fraction of sp³-hybridized carbons (Fsp3) is 0.385. The number of phenolic OH excluding ortho intramolecular Hbond substituents is 1. The van der Waals surface area contributed by atoms with Crippen LogP contribution in [-0.2, 0) is 0 Å². The standard InChI is InChI=1S/C13H17N3O3/c1-8-4-5-11(17)9(7-8)13(18)16-6-2-3-10(16)12(14)15-19/h4-5,7,10,17,19H,2-3,6H2,1H3,(H2,14,15). The zero-order chi connectivity index (χ0) is 14.0. The van der Waals surface area contributed by atoms with Crippen LogP contribution in [0.4, 0.5) is 0 Å². The van der Waals surface area contributed by atoms with Crippen LogP contribution >= 0.6 is 0 Å². The van der Waals surface area contributed by atoms with Crippen molar-refractivity contribution in [3.8, 4) is 5.75 Å². The lowest BCUT2D eigenvalue weighted by Crippen LogP contribution is -2.43. The monoisotopic (exact) mass is 263 g/mol. The van der Waals surface area contributed by atoms with Crippen LogP contribution in [0.5, 0.6) is 5.75 Å². The van der Waals surface area contributed by atoms with Gasteiger partial charge in [0.05, 0.1) is 11.6 Å². The summed E-state index contributed by atoms with van der Waals surface area (Å²) < 4.78 is 0. The molecule has 0 saturated carbocycles. The number of carbonyl (C=O) groups excluding carboxylic acids is 1. The summed E-state index contributed by atoms with van der Waals surface area (Å²) in [6.07, 6.45) is 1.45. The molecule has 19 heavy (non-hydrogen) atoms. The van der Waals surface area contributed by atoms with Crippen molar-refractivity contribution in [2.75, 3.05) is 6.54 Å². The van der Waals surface area contributed by atoms with Crippen LogP contribution in [0, 0.1) is 6.92 Å². The third-order valence-electron chi connectivity index (χ3n) is 3.35. The lowest BCUT2D eigenvalue weighted by atomic mass is 10.1. The summed E-state index contributed by atoms with van der Waals surface area (Å²) in [6, 6.07) is 4.46. The molecule has 1 amide bonds. The smallest absolute Gasteiger partial charge is 0.258 e. The molecule has 1 unspecified atom stereocenters. The third-order valence-corrected chi connectivity index (χ3v) is 3.35. The van der Waals surface area contributed by atoms with E-state index in [0.717, 1.165) is 12.0 Å². The van der Waals surface area contributed by atoms with Crippen molar-refractivity contribution in [2.24, 2.45) is 10.9 Å². The Morgan fingerprint density at radius 2 is 2.26 bits per heavy atom. The Labute approximate surface area is 111 Å². The number of likely N-dealkylation sites (tertiary alicyclic amines) is 1. The first-order chi connectivity index (χ1) is 9.04. The molecule has 2 rings (SSSR count). The summed E-state index contributed by atoms with van der Waals surface area (Å²) in [5, 5.41) is 21.5. The Hall–Kier alpha value is -2.24. The molecular formula is C13H17N3O3. The van der Waals surface area contributed by atoms with E-state index in [4.69, 9.17) is 10.9 Å².